The number of halogens is 4. The van der Waals surface area contributed by atoms with Crippen LogP contribution in [-0.4, -0.2) is 33.3 Å². The highest BCUT2D eigenvalue weighted by atomic mass is 35.5. The zero-order valence-corrected chi connectivity index (χ0v) is 24.4. The second-order valence-electron chi connectivity index (χ2n) is 9.46. The molecular formula is C16H30Cl4O2Si4. The zero-order valence-electron chi connectivity index (χ0n) is 17.3. The predicted molar refractivity (Wildman–Crippen MR) is 130 cm³/mol. The fourth-order valence-electron chi connectivity index (χ4n) is 3.32. The van der Waals surface area contributed by atoms with Crippen molar-refractivity contribution in [1.82, 2.24) is 0 Å². The molecule has 150 valence electrons. The fourth-order valence-corrected chi connectivity index (χ4v) is 22.9. The number of hydrogen-bond donors (Lipinski definition) is 0. The van der Waals surface area contributed by atoms with Crippen LogP contribution in [0.5, 0.6) is 0 Å². The quantitative estimate of drug-likeness (QED) is 0.310. The van der Waals surface area contributed by atoms with Crippen molar-refractivity contribution in [3.05, 3.63) is 20.1 Å². The first-order chi connectivity index (χ1) is 11.3. The van der Waals surface area contributed by atoms with Gasteiger partial charge in [0.05, 0.1) is 20.1 Å². The molecule has 10 heteroatoms. The van der Waals surface area contributed by atoms with Crippen LogP contribution < -0.4 is 10.4 Å². The predicted octanol–water partition coefficient (Wildman–Crippen LogP) is 6.83. The molecule has 1 aromatic rings. The molecule has 1 rings (SSSR count). The molecule has 0 saturated carbocycles. The van der Waals surface area contributed by atoms with E-state index in [4.69, 9.17) is 54.6 Å². The summed E-state index contributed by atoms with van der Waals surface area (Å²) in [5.74, 6) is 0. The summed E-state index contributed by atoms with van der Waals surface area (Å²) in [6.45, 7) is 21.3. The zero-order chi connectivity index (χ0) is 20.9. The lowest BCUT2D eigenvalue weighted by molar-refractivity contribution is 0.564. The Bertz CT molecular complexity index is 607. The van der Waals surface area contributed by atoms with Crippen molar-refractivity contribution in [2.24, 2.45) is 0 Å². The first-order valence-corrected chi connectivity index (χ1v) is 22.7. The summed E-state index contributed by atoms with van der Waals surface area (Å²) in [7, 11) is -8.35. The van der Waals surface area contributed by atoms with Gasteiger partial charge < -0.3 is 8.23 Å². The van der Waals surface area contributed by atoms with Crippen LogP contribution >= 0.6 is 46.4 Å². The van der Waals surface area contributed by atoms with Crippen molar-refractivity contribution in [3.8, 4) is 0 Å². The van der Waals surface area contributed by atoms with Gasteiger partial charge in [-0.3, -0.25) is 0 Å². The molecule has 0 amide bonds. The van der Waals surface area contributed by atoms with E-state index >= 15 is 0 Å². The van der Waals surface area contributed by atoms with E-state index in [1.165, 1.54) is 0 Å². The second-order valence-corrected chi connectivity index (χ2v) is 28.1. The Balaban J connectivity index is 3.67. The van der Waals surface area contributed by atoms with Crippen LogP contribution in [0.15, 0.2) is 0 Å². The van der Waals surface area contributed by atoms with Gasteiger partial charge in [0, 0.05) is 10.4 Å². The Morgan fingerprint density at radius 2 is 0.654 bits per heavy atom. The highest BCUT2D eigenvalue weighted by Crippen LogP contribution is 2.35. The smallest absolute Gasteiger partial charge is 0.209 e. The summed E-state index contributed by atoms with van der Waals surface area (Å²) < 4.78 is 12.9. The van der Waals surface area contributed by atoms with Crippen LogP contribution in [0, 0.1) is 0 Å². The monoisotopic (exact) mass is 506 g/mol. The molecular weight excluding hydrogens is 478 g/mol. The maximum absolute atomic E-state index is 6.74. The molecule has 0 aliphatic rings. The van der Waals surface area contributed by atoms with Gasteiger partial charge >= 0.3 is 0 Å². The molecule has 0 unspecified atom stereocenters. The van der Waals surface area contributed by atoms with Crippen molar-refractivity contribution < 1.29 is 8.23 Å². The van der Waals surface area contributed by atoms with Gasteiger partial charge in [-0.2, -0.15) is 0 Å². The van der Waals surface area contributed by atoms with Gasteiger partial charge in [0.1, 0.15) is 0 Å². The summed E-state index contributed by atoms with van der Waals surface area (Å²) in [4.78, 5) is 0. The lowest BCUT2D eigenvalue weighted by Crippen LogP contribution is -2.56. The molecule has 0 heterocycles. The van der Waals surface area contributed by atoms with Crippen molar-refractivity contribution in [3.63, 3.8) is 0 Å². The largest absolute Gasteiger partial charge is 0.452 e. The first kappa shape index (κ1) is 25.2. The van der Waals surface area contributed by atoms with Gasteiger partial charge in [0.2, 0.25) is 16.6 Å². The van der Waals surface area contributed by atoms with Gasteiger partial charge in [0.25, 0.3) is 0 Å². The van der Waals surface area contributed by atoms with E-state index in [1.807, 2.05) is 0 Å². The van der Waals surface area contributed by atoms with E-state index in [2.05, 4.69) is 65.5 Å². The SMILES string of the molecule is C[Si](C)(C)O[Si](C)(C)c1c(Cl)c(Cl)c([Si](C)(C)O[Si](C)(C)C)c(Cl)c1Cl. The topological polar surface area (TPSA) is 18.5 Å². The molecule has 0 spiro atoms. The summed E-state index contributed by atoms with van der Waals surface area (Å²) in [6.07, 6.45) is 0. The minimum absolute atomic E-state index is 0.464. The van der Waals surface area contributed by atoms with Crippen LogP contribution in [-0.2, 0) is 8.23 Å². The second kappa shape index (κ2) is 8.12. The summed E-state index contributed by atoms with van der Waals surface area (Å²) >= 11 is 27.0. The Labute approximate surface area is 183 Å². The molecule has 0 aliphatic carbocycles. The molecule has 0 fully saturated rings. The minimum Gasteiger partial charge on any atom is -0.452 e. The lowest BCUT2D eigenvalue weighted by atomic mass is 10.3. The van der Waals surface area contributed by atoms with Gasteiger partial charge in [-0.25, -0.2) is 0 Å². The molecule has 0 atom stereocenters. The van der Waals surface area contributed by atoms with Crippen LogP contribution in [0.1, 0.15) is 0 Å². The molecule has 1 aromatic carbocycles. The Morgan fingerprint density at radius 3 is 0.808 bits per heavy atom. The van der Waals surface area contributed by atoms with Crippen molar-refractivity contribution in [1.29, 1.82) is 0 Å². The van der Waals surface area contributed by atoms with Crippen molar-refractivity contribution >= 4 is 90.0 Å². The van der Waals surface area contributed by atoms with E-state index in [1.54, 1.807) is 0 Å². The number of hydrogen-bond acceptors (Lipinski definition) is 2. The summed E-state index contributed by atoms with van der Waals surface area (Å²) in [6, 6.07) is 0. The van der Waals surface area contributed by atoms with E-state index in [-0.39, 0.29) is 0 Å². The summed E-state index contributed by atoms with van der Waals surface area (Å²) in [5, 5.41) is 3.41. The van der Waals surface area contributed by atoms with Crippen LogP contribution in [0.2, 0.25) is 85.6 Å². The molecule has 0 aliphatic heterocycles. The van der Waals surface area contributed by atoms with Gasteiger partial charge in [0.15, 0.2) is 16.6 Å². The Hall–Kier alpha value is 1.17. The van der Waals surface area contributed by atoms with Crippen LogP contribution in [0.4, 0.5) is 0 Å². The molecule has 26 heavy (non-hydrogen) atoms. The third-order valence-electron chi connectivity index (χ3n) is 3.59. The van der Waals surface area contributed by atoms with Crippen LogP contribution in [0.25, 0.3) is 0 Å². The lowest BCUT2D eigenvalue weighted by Gasteiger charge is -2.36. The van der Waals surface area contributed by atoms with Gasteiger partial charge in [-0.05, 0) is 65.5 Å². The molecule has 0 radical (unpaired) electrons. The van der Waals surface area contributed by atoms with Crippen molar-refractivity contribution in [2.75, 3.05) is 0 Å². The fraction of sp³-hybridized carbons (Fsp3) is 0.625. The Morgan fingerprint density at radius 1 is 0.462 bits per heavy atom. The maximum atomic E-state index is 6.74. The molecule has 2 nitrogen and oxygen atoms in total. The normalized spacial score (nSPS) is 14.1. The van der Waals surface area contributed by atoms with E-state index < -0.39 is 33.3 Å². The molecule has 0 saturated heterocycles. The molecule has 0 aromatic heterocycles. The highest BCUT2D eigenvalue weighted by Gasteiger charge is 2.42. The maximum Gasteiger partial charge on any atom is 0.209 e. The van der Waals surface area contributed by atoms with Gasteiger partial charge in [-0.1, -0.05) is 46.4 Å². The number of benzene rings is 1. The summed E-state index contributed by atoms with van der Waals surface area (Å²) in [5.41, 5.74) is 0. The minimum atomic E-state index is -2.38. The molecule has 0 bridgehead atoms. The number of rotatable bonds is 6. The third-order valence-corrected chi connectivity index (χ3v) is 18.3. The highest BCUT2D eigenvalue weighted by molar-refractivity contribution is 6.97. The average molecular weight is 509 g/mol. The first-order valence-electron chi connectivity index (χ1n) is 8.57. The standard InChI is InChI=1S/C16H30Cl4O2Si4/c1-23(2,3)21-25(7,8)15-11(17)13(19)16(14(20)12(15)18)26(9,10)22-24(4,5)6/h1-10H3. The Kier molecular flexibility index (Phi) is 7.88. The van der Waals surface area contributed by atoms with Crippen molar-refractivity contribution in [2.45, 2.75) is 65.5 Å². The molecule has 0 N–H and O–H groups in total. The van der Waals surface area contributed by atoms with Gasteiger partial charge in [-0.15, -0.1) is 0 Å². The third kappa shape index (κ3) is 6.08. The van der Waals surface area contributed by atoms with E-state index in [0.29, 0.717) is 20.1 Å². The average Bonchev–Trinajstić information content (AvgIpc) is 2.29. The van der Waals surface area contributed by atoms with E-state index in [0.717, 1.165) is 10.4 Å². The van der Waals surface area contributed by atoms with Crippen LogP contribution in [0.3, 0.4) is 0 Å². The van der Waals surface area contributed by atoms with E-state index in [9.17, 15) is 0 Å².